The summed E-state index contributed by atoms with van der Waals surface area (Å²) in [6.07, 6.45) is 2.26. The summed E-state index contributed by atoms with van der Waals surface area (Å²) in [5.41, 5.74) is 6.28. The number of hydrogen-bond donors (Lipinski definition) is 2. The van der Waals surface area contributed by atoms with Crippen LogP contribution in [0.25, 0.3) is 0 Å². The molecule has 0 unspecified atom stereocenters. The number of aromatic nitrogens is 1. The van der Waals surface area contributed by atoms with Gasteiger partial charge in [-0.1, -0.05) is 12.1 Å². The Morgan fingerprint density at radius 2 is 2.00 bits per heavy atom. The number of nitrogens with zero attached hydrogens (tertiary/aromatic N) is 2. The quantitative estimate of drug-likeness (QED) is 0.796. The molecule has 2 heterocycles. The molecule has 7 nitrogen and oxygen atoms in total. The molecule has 0 aliphatic carbocycles. The summed E-state index contributed by atoms with van der Waals surface area (Å²) < 4.78 is 33.1. The lowest BCUT2D eigenvalue weighted by Gasteiger charge is -2.09. The normalized spacial score (nSPS) is 14.9. The summed E-state index contributed by atoms with van der Waals surface area (Å²) >= 11 is 0. The number of nitrogen functional groups attached to an aromatic ring is 1. The van der Waals surface area contributed by atoms with Gasteiger partial charge in [-0.2, -0.15) is 8.42 Å². The molecule has 1 aromatic heterocycles. The van der Waals surface area contributed by atoms with Crippen molar-refractivity contribution in [1.29, 1.82) is 0 Å². The van der Waals surface area contributed by atoms with Gasteiger partial charge in [0.2, 0.25) is 0 Å². The summed E-state index contributed by atoms with van der Waals surface area (Å²) in [5, 5.41) is 3.04. The Hall–Kier alpha value is -2.61. The van der Waals surface area contributed by atoms with E-state index in [0.29, 0.717) is 42.5 Å². The second-order valence-electron chi connectivity index (χ2n) is 4.93. The second-order valence-corrected chi connectivity index (χ2v) is 6.50. The predicted molar refractivity (Wildman–Crippen MR) is 86.9 cm³/mol. The first-order chi connectivity index (χ1) is 11.1. The van der Waals surface area contributed by atoms with E-state index in [0.717, 1.165) is 0 Å². The summed E-state index contributed by atoms with van der Waals surface area (Å²) in [5.74, 6) is 1.26. The van der Waals surface area contributed by atoms with Crippen LogP contribution in [0.5, 0.6) is 5.75 Å². The first kappa shape index (κ1) is 15.3. The van der Waals surface area contributed by atoms with Gasteiger partial charge in [-0.05, 0) is 30.7 Å². The monoisotopic (exact) mass is 332 g/mol. The Kier molecular flexibility index (Phi) is 4.16. The van der Waals surface area contributed by atoms with Crippen molar-refractivity contribution >= 4 is 21.7 Å². The number of anilines is 1. The fraction of sp³-hybridized carbons (Fsp3) is 0.200. The molecule has 1 aromatic carbocycles. The van der Waals surface area contributed by atoms with Gasteiger partial charge in [-0.25, -0.2) is 4.98 Å². The van der Waals surface area contributed by atoms with Crippen LogP contribution in [-0.2, 0) is 10.0 Å². The Bertz CT molecular complexity index is 849. The van der Waals surface area contributed by atoms with Gasteiger partial charge in [-0.15, -0.1) is 4.40 Å². The van der Waals surface area contributed by atoms with Gasteiger partial charge < -0.3 is 15.8 Å². The number of rotatable bonds is 5. The Balaban J connectivity index is 1.53. The maximum Gasteiger partial charge on any atom is 0.285 e. The zero-order valence-electron chi connectivity index (χ0n) is 12.3. The maximum atomic E-state index is 11.9. The second kappa shape index (κ2) is 6.25. The van der Waals surface area contributed by atoms with Crippen LogP contribution < -0.4 is 15.8 Å². The number of fused-ring (bicyclic) bond motifs is 1. The smallest absolute Gasteiger partial charge is 0.285 e. The fourth-order valence-electron chi connectivity index (χ4n) is 2.22. The summed E-state index contributed by atoms with van der Waals surface area (Å²) in [7, 11) is -3.58. The van der Waals surface area contributed by atoms with Crippen molar-refractivity contribution in [2.24, 2.45) is 4.40 Å². The van der Waals surface area contributed by atoms with Crippen molar-refractivity contribution < 1.29 is 13.2 Å². The molecule has 3 rings (SSSR count). The molecule has 1 aliphatic rings. The lowest BCUT2D eigenvalue weighted by Crippen LogP contribution is -2.25. The first-order valence-electron chi connectivity index (χ1n) is 7.09. The van der Waals surface area contributed by atoms with E-state index in [2.05, 4.69) is 14.7 Å². The van der Waals surface area contributed by atoms with Gasteiger partial charge in [-0.3, -0.25) is 0 Å². The largest absolute Gasteiger partial charge is 0.490 e. The molecule has 0 saturated carbocycles. The van der Waals surface area contributed by atoms with Crippen molar-refractivity contribution in [3.05, 3.63) is 48.2 Å². The Morgan fingerprint density at radius 1 is 1.17 bits per heavy atom. The van der Waals surface area contributed by atoms with Gasteiger partial charge in [0.15, 0.2) is 11.6 Å². The number of ether oxygens (including phenoxy) is 1. The zero-order chi connectivity index (χ0) is 16.3. The predicted octanol–water partition coefficient (Wildman–Crippen LogP) is 1.17. The summed E-state index contributed by atoms with van der Waals surface area (Å²) in [6, 6.07) is 10.3. The number of benzene rings is 1. The molecular formula is C15H16N4O3S. The third kappa shape index (κ3) is 3.26. The fourth-order valence-corrected chi connectivity index (χ4v) is 3.41. The summed E-state index contributed by atoms with van der Waals surface area (Å²) in [6.45, 7) is 0.966. The lowest BCUT2D eigenvalue weighted by molar-refractivity contribution is 0.312. The third-order valence-electron chi connectivity index (χ3n) is 3.30. The number of sulfonamides is 1. The minimum atomic E-state index is -3.58. The molecule has 23 heavy (non-hydrogen) atoms. The van der Waals surface area contributed by atoms with Gasteiger partial charge in [0.05, 0.1) is 6.61 Å². The molecule has 0 spiro atoms. The van der Waals surface area contributed by atoms with E-state index >= 15 is 0 Å². The highest BCUT2D eigenvalue weighted by atomic mass is 32.2. The first-order valence-corrected chi connectivity index (χ1v) is 8.53. The van der Waals surface area contributed by atoms with Gasteiger partial charge in [0, 0.05) is 18.3 Å². The molecule has 0 radical (unpaired) electrons. The Labute approximate surface area is 134 Å². The van der Waals surface area contributed by atoms with Crippen LogP contribution in [0.4, 0.5) is 5.82 Å². The highest BCUT2D eigenvalue weighted by Gasteiger charge is 2.27. The minimum Gasteiger partial charge on any atom is -0.490 e. The molecule has 0 amide bonds. The number of pyridine rings is 1. The average molecular weight is 332 g/mol. The molecule has 0 fully saturated rings. The van der Waals surface area contributed by atoms with E-state index in [-0.39, 0.29) is 4.90 Å². The van der Waals surface area contributed by atoms with Crippen LogP contribution in [0.2, 0.25) is 0 Å². The van der Waals surface area contributed by atoms with Crippen molar-refractivity contribution in [2.45, 2.75) is 11.3 Å². The molecule has 0 atom stereocenters. The van der Waals surface area contributed by atoms with Crippen LogP contribution in [-0.4, -0.2) is 32.4 Å². The molecule has 0 saturated heterocycles. The Morgan fingerprint density at radius 3 is 2.83 bits per heavy atom. The van der Waals surface area contributed by atoms with Crippen LogP contribution >= 0.6 is 0 Å². The molecule has 3 N–H and O–H groups in total. The molecule has 8 heteroatoms. The van der Waals surface area contributed by atoms with E-state index in [4.69, 9.17) is 10.5 Å². The van der Waals surface area contributed by atoms with E-state index in [9.17, 15) is 8.42 Å². The number of nitrogens with two attached hydrogens (primary N) is 1. The number of amidine groups is 1. The van der Waals surface area contributed by atoms with Crippen LogP contribution in [0.3, 0.4) is 0 Å². The van der Waals surface area contributed by atoms with Crippen molar-refractivity contribution in [1.82, 2.24) is 10.3 Å². The zero-order valence-corrected chi connectivity index (χ0v) is 13.1. The van der Waals surface area contributed by atoms with Gasteiger partial charge in [0.25, 0.3) is 10.0 Å². The molecular weight excluding hydrogens is 316 g/mol. The van der Waals surface area contributed by atoms with Crippen LogP contribution in [0.15, 0.2) is 51.9 Å². The highest BCUT2D eigenvalue weighted by molar-refractivity contribution is 7.90. The molecule has 120 valence electrons. The third-order valence-corrected chi connectivity index (χ3v) is 4.64. The van der Waals surface area contributed by atoms with E-state index < -0.39 is 10.0 Å². The average Bonchev–Trinajstić information content (AvgIpc) is 2.80. The SMILES string of the molecule is Nc1ncccc1OCCCNC1=NS(=O)(=O)c2ccccc21. The van der Waals surface area contributed by atoms with E-state index in [1.807, 2.05) is 0 Å². The summed E-state index contributed by atoms with van der Waals surface area (Å²) in [4.78, 5) is 4.17. The van der Waals surface area contributed by atoms with Crippen molar-refractivity contribution in [3.8, 4) is 5.75 Å². The maximum absolute atomic E-state index is 11.9. The van der Waals surface area contributed by atoms with E-state index in [1.165, 1.54) is 0 Å². The van der Waals surface area contributed by atoms with Crippen LogP contribution in [0.1, 0.15) is 12.0 Å². The standard InChI is InChI=1S/C15H16N4O3S/c16-14-12(6-3-8-17-14)22-10-4-9-18-15-11-5-1-2-7-13(11)23(20,21)19-15/h1-3,5-8H,4,9-10H2,(H2,16,17)(H,18,19). The van der Waals surface area contributed by atoms with Crippen molar-refractivity contribution in [3.63, 3.8) is 0 Å². The molecule has 0 bridgehead atoms. The molecule has 2 aromatic rings. The minimum absolute atomic E-state index is 0.238. The van der Waals surface area contributed by atoms with Gasteiger partial charge in [0.1, 0.15) is 10.7 Å². The highest BCUT2D eigenvalue weighted by Crippen LogP contribution is 2.24. The number of hydrogen-bond acceptors (Lipinski definition) is 6. The van der Waals surface area contributed by atoms with E-state index in [1.54, 1.807) is 42.6 Å². The van der Waals surface area contributed by atoms with Crippen molar-refractivity contribution in [2.75, 3.05) is 18.9 Å². The number of nitrogens with one attached hydrogen (secondary N) is 1. The topological polar surface area (TPSA) is 107 Å². The van der Waals surface area contributed by atoms with Crippen LogP contribution in [0, 0.1) is 0 Å². The van der Waals surface area contributed by atoms with Gasteiger partial charge >= 0.3 is 0 Å². The lowest BCUT2D eigenvalue weighted by atomic mass is 10.2. The molecule has 1 aliphatic heterocycles.